The van der Waals surface area contributed by atoms with Gasteiger partial charge in [0.25, 0.3) is 0 Å². The van der Waals surface area contributed by atoms with Gasteiger partial charge in [0.1, 0.15) is 12.4 Å². The molecular weight excluding hydrogens is 242 g/mol. The van der Waals surface area contributed by atoms with Gasteiger partial charge in [0, 0.05) is 18.5 Å². The lowest BCUT2D eigenvalue weighted by Crippen LogP contribution is -2.06. The zero-order valence-corrected chi connectivity index (χ0v) is 10.1. The second-order valence-electron chi connectivity index (χ2n) is 4.13. The van der Waals surface area contributed by atoms with Crippen molar-refractivity contribution in [2.45, 2.75) is 19.5 Å². The number of tetrazole rings is 1. The highest BCUT2D eigenvalue weighted by Crippen LogP contribution is 2.17. The van der Waals surface area contributed by atoms with Gasteiger partial charge in [0.15, 0.2) is 5.69 Å². The minimum atomic E-state index is 0.470. The molecule has 0 amide bonds. The number of hydrogen-bond acceptors (Lipinski definition) is 5. The van der Waals surface area contributed by atoms with Crippen LogP contribution in [0.15, 0.2) is 30.6 Å². The third kappa shape index (κ3) is 2.15. The number of nitrogens with zero attached hydrogens (tertiary/aromatic N) is 7. The Balaban J connectivity index is 1.79. The summed E-state index contributed by atoms with van der Waals surface area (Å²) in [6.45, 7) is 1.45. The maximum Gasteiger partial charge on any atom is 0.170 e. The van der Waals surface area contributed by atoms with E-state index in [-0.39, 0.29) is 0 Å². The molecule has 0 bridgehead atoms. The topological polar surface area (TPSA) is 85.2 Å². The van der Waals surface area contributed by atoms with Crippen molar-refractivity contribution in [3.63, 3.8) is 0 Å². The SMILES string of the molecule is N#Cc1nn(CCCn2cnnn2)c2ccccc12. The maximum absolute atomic E-state index is 9.07. The van der Waals surface area contributed by atoms with Gasteiger partial charge in [-0.15, -0.1) is 5.10 Å². The zero-order chi connectivity index (χ0) is 13.1. The van der Waals surface area contributed by atoms with Crippen molar-refractivity contribution in [3.05, 3.63) is 36.3 Å². The van der Waals surface area contributed by atoms with Crippen molar-refractivity contribution < 1.29 is 0 Å². The third-order valence-corrected chi connectivity index (χ3v) is 2.91. The van der Waals surface area contributed by atoms with Crippen LogP contribution in [0.1, 0.15) is 12.1 Å². The first-order chi connectivity index (χ1) is 9.38. The molecule has 0 atom stereocenters. The molecule has 2 aromatic heterocycles. The lowest BCUT2D eigenvalue weighted by molar-refractivity contribution is 0.499. The third-order valence-electron chi connectivity index (χ3n) is 2.91. The van der Waals surface area contributed by atoms with Crippen LogP contribution in [0, 0.1) is 11.3 Å². The molecular formula is C12H11N7. The molecule has 7 nitrogen and oxygen atoms in total. The molecule has 19 heavy (non-hydrogen) atoms. The summed E-state index contributed by atoms with van der Waals surface area (Å²) in [5, 5.41) is 25.3. The van der Waals surface area contributed by atoms with Gasteiger partial charge in [-0.2, -0.15) is 10.4 Å². The Morgan fingerprint density at radius 1 is 1.21 bits per heavy atom. The summed E-state index contributed by atoms with van der Waals surface area (Å²) in [5.41, 5.74) is 1.45. The van der Waals surface area contributed by atoms with E-state index < -0.39 is 0 Å². The van der Waals surface area contributed by atoms with Gasteiger partial charge in [0.05, 0.1) is 5.52 Å². The first-order valence-corrected chi connectivity index (χ1v) is 5.95. The molecule has 0 aliphatic heterocycles. The first kappa shape index (κ1) is 11.3. The fourth-order valence-electron chi connectivity index (χ4n) is 2.05. The predicted molar refractivity (Wildman–Crippen MR) is 66.9 cm³/mol. The number of para-hydroxylation sites is 1. The Labute approximate surface area is 109 Å². The van der Waals surface area contributed by atoms with E-state index in [4.69, 9.17) is 5.26 Å². The smallest absolute Gasteiger partial charge is 0.170 e. The normalized spacial score (nSPS) is 10.7. The molecule has 0 saturated carbocycles. The van der Waals surface area contributed by atoms with Gasteiger partial charge < -0.3 is 0 Å². The van der Waals surface area contributed by atoms with Gasteiger partial charge in [-0.1, -0.05) is 12.1 Å². The zero-order valence-electron chi connectivity index (χ0n) is 10.1. The number of nitriles is 1. The highest BCUT2D eigenvalue weighted by atomic mass is 15.5. The Morgan fingerprint density at radius 3 is 2.89 bits per heavy atom. The van der Waals surface area contributed by atoms with Crippen LogP contribution >= 0.6 is 0 Å². The summed E-state index contributed by atoms with van der Waals surface area (Å²) in [7, 11) is 0. The van der Waals surface area contributed by atoms with E-state index in [2.05, 4.69) is 26.7 Å². The predicted octanol–water partition coefficient (Wildman–Crippen LogP) is 0.985. The van der Waals surface area contributed by atoms with E-state index in [1.54, 1.807) is 11.0 Å². The quantitative estimate of drug-likeness (QED) is 0.692. The molecule has 0 N–H and O–H groups in total. The molecule has 0 aliphatic carbocycles. The van der Waals surface area contributed by atoms with Crippen molar-refractivity contribution in [1.82, 2.24) is 30.0 Å². The number of rotatable bonds is 4. The van der Waals surface area contributed by atoms with Crippen LogP contribution in [-0.2, 0) is 13.1 Å². The van der Waals surface area contributed by atoms with Gasteiger partial charge in [0.2, 0.25) is 0 Å². The van der Waals surface area contributed by atoms with E-state index in [9.17, 15) is 0 Å². The Hall–Kier alpha value is -2.75. The molecule has 0 aliphatic rings. The summed E-state index contributed by atoms with van der Waals surface area (Å²) in [5.74, 6) is 0. The molecule has 0 unspecified atom stereocenters. The number of aromatic nitrogens is 6. The highest BCUT2D eigenvalue weighted by molar-refractivity contribution is 5.84. The van der Waals surface area contributed by atoms with Gasteiger partial charge in [-0.05, 0) is 29.0 Å². The molecule has 3 aromatic rings. The van der Waals surface area contributed by atoms with Crippen molar-refractivity contribution in [2.75, 3.05) is 0 Å². The van der Waals surface area contributed by atoms with Gasteiger partial charge in [-0.25, -0.2) is 4.68 Å². The first-order valence-electron chi connectivity index (χ1n) is 5.95. The number of hydrogen-bond donors (Lipinski definition) is 0. The maximum atomic E-state index is 9.07. The van der Waals surface area contributed by atoms with Crippen LogP contribution in [0.2, 0.25) is 0 Å². The number of aryl methyl sites for hydroxylation is 2. The standard InChI is InChI=1S/C12H11N7/c13-8-11-10-4-1-2-5-12(10)19(15-11)7-3-6-18-9-14-16-17-18/h1-2,4-5,9H,3,6-7H2. The fourth-order valence-corrected chi connectivity index (χ4v) is 2.05. The summed E-state index contributed by atoms with van der Waals surface area (Å²) in [4.78, 5) is 0. The van der Waals surface area contributed by atoms with Gasteiger partial charge >= 0.3 is 0 Å². The molecule has 0 saturated heterocycles. The molecule has 7 heteroatoms. The van der Waals surface area contributed by atoms with Crippen LogP contribution in [0.3, 0.4) is 0 Å². The average molecular weight is 253 g/mol. The lowest BCUT2D eigenvalue weighted by atomic mass is 10.2. The minimum absolute atomic E-state index is 0.470. The largest absolute Gasteiger partial charge is 0.263 e. The minimum Gasteiger partial charge on any atom is -0.263 e. The van der Waals surface area contributed by atoms with Crippen LogP contribution in [0.25, 0.3) is 10.9 Å². The Morgan fingerprint density at radius 2 is 2.11 bits per heavy atom. The van der Waals surface area contributed by atoms with Crippen molar-refractivity contribution in [2.24, 2.45) is 0 Å². The van der Waals surface area contributed by atoms with E-state index in [1.165, 1.54) is 0 Å². The Kier molecular flexibility index (Phi) is 2.90. The van der Waals surface area contributed by atoms with E-state index in [1.807, 2.05) is 28.9 Å². The molecule has 94 valence electrons. The highest BCUT2D eigenvalue weighted by Gasteiger charge is 2.08. The van der Waals surface area contributed by atoms with Crippen LogP contribution in [0.5, 0.6) is 0 Å². The van der Waals surface area contributed by atoms with E-state index >= 15 is 0 Å². The van der Waals surface area contributed by atoms with Crippen molar-refractivity contribution in [3.8, 4) is 6.07 Å². The summed E-state index contributed by atoms with van der Waals surface area (Å²) >= 11 is 0. The number of fused-ring (bicyclic) bond motifs is 1. The molecule has 1 aromatic carbocycles. The van der Waals surface area contributed by atoms with Crippen LogP contribution in [0.4, 0.5) is 0 Å². The molecule has 0 fully saturated rings. The molecule has 0 spiro atoms. The summed E-state index contributed by atoms with van der Waals surface area (Å²) < 4.78 is 3.54. The lowest BCUT2D eigenvalue weighted by Gasteiger charge is -2.02. The summed E-state index contributed by atoms with van der Waals surface area (Å²) in [6, 6.07) is 9.87. The van der Waals surface area contributed by atoms with Crippen molar-refractivity contribution >= 4 is 10.9 Å². The fraction of sp³-hybridized carbons (Fsp3) is 0.250. The van der Waals surface area contributed by atoms with E-state index in [0.717, 1.165) is 30.4 Å². The molecule has 0 radical (unpaired) electrons. The second-order valence-corrected chi connectivity index (χ2v) is 4.13. The summed E-state index contributed by atoms with van der Waals surface area (Å²) in [6.07, 6.45) is 2.43. The molecule has 3 rings (SSSR count). The molecule has 2 heterocycles. The Bertz CT molecular complexity index is 720. The van der Waals surface area contributed by atoms with Crippen LogP contribution < -0.4 is 0 Å². The van der Waals surface area contributed by atoms with Crippen molar-refractivity contribution in [1.29, 1.82) is 5.26 Å². The van der Waals surface area contributed by atoms with E-state index in [0.29, 0.717) is 5.69 Å². The monoisotopic (exact) mass is 253 g/mol. The van der Waals surface area contributed by atoms with Crippen LogP contribution in [-0.4, -0.2) is 30.0 Å². The number of benzene rings is 1. The average Bonchev–Trinajstić information content (AvgIpc) is 3.07. The second kappa shape index (κ2) is 4.86. The van der Waals surface area contributed by atoms with Gasteiger partial charge in [-0.3, -0.25) is 4.68 Å².